The molecule has 1 saturated carbocycles. The van der Waals surface area contributed by atoms with Crippen molar-refractivity contribution in [2.45, 2.75) is 70.8 Å². The third-order valence-electron chi connectivity index (χ3n) is 5.27. The van der Waals surface area contributed by atoms with E-state index in [-0.39, 0.29) is 11.4 Å². The second kappa shape index (κ2) is 9.42. The zero-order valence-corrected chi connectivity index (χ0v) is 14.3. The summed E-state index contributed by atoms with van der Waals surface area (Å²) in [6.07, 6.45) is 9.06. The van der Waals surface area contributed by atoms with Crippen LogP contribution >= 0.6 is 0 Å². The topological polar surface area (TPSA) is 58.4 Å². The monoisotopic (exact) mass is 297 g/mol. The van der Waals surface area contributed by atoms with Crippen LogP contribution in [0, 0.1) is 5.92 Å². The highest BCUT2D eigenvalue weighted by molar-refractivity contribution is 5.75. The molecule has 0 aromatic carbocycles. The molecule has 1 fully saturated rings. The van der Waals surface area contributed by atoms with Crippen LogP contribution in [0.15, 0.2) is 0 Å². The Balaban J connectivity index is 2.60. The van der Waals surface area contributed by atoms with Gasteiger partial charge in [0.25, 0.3) is 0 Å². The predicted octanol–water partition coefficient (Wildman–Crippen LogP) is 2.52. The van der Waals surface area contributed by atoms with Crippen LogP contribution in [0.4, 0.5) is 0 Å². The molecule has 0 unspecified atom stereocenters. The van der Waals surface area contributed by atoms with E-state index in [1.165, 1.54) is 32.1 Å². The van der Waals surface area contributed by atoms with Crippen LogP contribution < -0.4 is 11.1 Å². The zero-order chi connectivity index (χ0) is 15.7. The van der Waals surface area contributed by atoms with Crippen LogP contribution in [0.1, 0.15) is 65.2 Å². The highest BCUT2D eigenvalue weighted by Gasteiger charge is 2.38. The molecule has 0 bridgehead atoms. The Morgan fingerprint density at radius 2 is 1.95 bits per heavy atom. The third kappa shape index (κ3) is 5.26. The van der Waals surface area contributed by atoms with Crippen LogP contribution in [0.25, 0.3) is 0 Å². The minimum absolute atomic E-state index is 0.142. The van der Waals surface area contributed by atoms with Gasteiger partial charge in [-0.1, -0.05) is 20.3 Å². The molecule has 21 heavy (non-hydrogen) atoms. The minimum Gasteiger partial charge on any atom is -0.359 e. The smallest absolute Gasteiger partial charge is 0.219 e. The Kier molecular flexibility index (Phi) is 8.27. The van der Waals surface area contributed by atoms with Crippen molar-refractivity contribution in [2.24, 2.45) is 11.7 Å². The van der Waals surface area contributed by atoms with Crippen LogP contribution in [0.3, 0.4) is 0 Å². The number of carbonyl (C=O) groups is 1. The highest BCUT2D eigenvalue weighted by Crippen LogP contribution is 2.37. The fraction of sp³-hybridized carbons (Fsp3) is 0.941. The molecule has 0 atom stereocenters. The number of carbonyl (C=O) groups excluding carboxylic acids is 1. The molecule has 0 spiro atoms. The predicted molar refractivity (Wildman–Crippen MR) is 89.2 cm³/mol. The molecule has 4 nitrogen and oxygen atoms in total. The van der Waals surface area contributed by atoms with Gasteiger partial charge in [0.2, 0.25) is 5.91 Å². The first-order valence-electron chi connectivity index (χ1n) is 8.77. The Labute approximate surface area is 130 Å². The van der Waals surface area contributed by atoms with Crippen molar-refractivity contribution in [3.05, 3.63) is 0 Å². The first kappa shape index (κ1) is 18.4. The molecule has 0 aromatic heterocycles. The van der Waals surface area contributed by atoms with Gasteiger partial charge in [0.05, 0.1) is 0 Å². The zero-order valence-electron chi connectivity index (χ0n) is 14.3. The van der Waals surface area contributed by atoms with E-state index in [2.05, 4.69) is 24.1 Å². The maximum absolute atomic E-state index is 11.4. The summed E-state index contributed by atoms with van der Waals surface area (Å²) in [6, 6.07) is 0. The summed E-state index contributed by atoms with van der Waals surface area (Å²) in [4.78, 5) is 14.0. The lowest BCUT2D eigenvalue weighted by molar-refractivity contribution is -0.120. The Hall–Kier alpha value is -0.610. The summed E-state index contributed by atoms with van der Waals surface area (Å²) < 4.78 is 0. The van der Waals surface area contributed by atoms with Crippen molar-refractivity contribution in [1.82, 2.24) is 10.2 Å². The Morgan fingerprint density at radius 3 is 2.43 bits per heavy atom. The molecule has 0 heterocycles. The summed E-state index contributed by atoms with van der Waals surface area (Å²) >= 11 is 0. The molecule has 1 aliphatic carbocycles. The Bertz CT molecular complexity index is 298. The lowest BCUT2D eigenvalue weighted by atomic mass is 9.74. The standard InChI is InChI=1S/C17H35N3O/c1-4-12-20(13-6-7-16(21)19-3)17(14-18)10-8-15(5-2)9-11-17/h15H,4-14,18H2,1-3H3,(H,19,21). The molecule has 0 aliphatic heterocycles. The fourth-order valence-corrected chi connectivity index (χ4v) is 3.68. The number of nitrogens with zero attached hydrogens (tertiary/aromatic N) is 1. The van der Waals surface area contributed by atoms with Gasteiger partial charge in [-0.2, -0.15) is 0 Å². The molecular weight excluding hydrogens is 262 g/mol. The van der Waals surface area contributed by atoms with Gasteiger partial charge >= 0.3 is 0 Å². The lowest BCUT2D eigenvalue weighted by Gasteiger charge is -2.48. The number of hydrogen-bond acceptors (Lipinski definition) is 3. The second-order valence-corrected chi connectivity index (χ2v) is 6.54. The number of amides is 1. The van der Waals surface area contributed by atoms with Crippen LogP contribution in [-0.4, -0.2) is 43.0 Å². The van der Waals surface area contributed by atoms with E-state index in [1.54, 1.807) is 7.05 Å². The van der Waals surface area contributed by atoms with E-state index in [0.29, 0.717) is 6.42 Å². The summed E-state index contributed by atoms with van der Waals surface area (Å²) in [5.74, 6) is 1.03. The van der Waals surface area contributed by atoms with Crippen LogP contribution in [-0.2, 0) is 4.79 Å². The van der Waals surface area contributed by atoms with Gasteiger partial charge in [-0.3, -0.25) is 9.69 Å². The molecule has 0 saturated heterocycles. The molecule has 3 N–H and O–H groups in total. The van der Waals surface area contributed by atoms with E-state index in [4.69, 9.17) is 5.73 Å². The van der Waals surface area contributed by atoms with Gasteiger partial charge in [0.15, 0.2) is 0 Å². The Morgan fingerprint density at radius 1 is 1.29 bits per heavy atom. The number of nitrogens with one attached hydrogen (secondary N) is 1. The normalized spacial score (nSPS) is 26.0. The quantitative estimate of drug-likeness (QED) is 0.687. The second-order valence-electron chi connectivity index (χ2n) is 6.54. The molecule has 4 heteroatoms. The molecule has 0 radical (unpaired) electrons. The third-order valence-corrected chi connectivity index (χ3v) is 5.27. The van der Waals surface area contributed by atoms with Gasteiger partial charge in [-0.25, -0.2) is 0 Å². The summed E-state index contributed by atoms with van der Waals surface area (Å²) in [5.41, 5.74) is 6.38. The van der Waals surface area contributed by atoms with Gasteiger partial charge < -0.3 is 11.1 Å². The number of nitrogens with two attached hydrogens (primary N) is 1. The maximum Gasteiger partial charge on any atom is 0.219 e. The van der Waals surface area contributed by atoms with Crippen molar-refractivity contribution in [1.29, 1.82) is 0 Å². The van der Waals surface area contributed by atoms with Crippen molar-refractivity contribution in [3.63, 3.8) is 0 Å². The lowest BCUT2D eigenvalue weighted by Crippen LogP contribution is -2.56. The van der Waals surface area contributed by atoms with Crippen molar-refractivity contribution in [3.8, 4) is 0 Å². The molecule has 1 rings (SSSR count). The molecule has 0 aromatic rings. The maximum atomic E-state index is 11.4. The number of hydrogen-bond donors (Lipinski definition) is 2. The van der Waals surface area contributed by atoms with E-state index in [9.17, 15) is 4.79 Å². The van der Waals surface area contributed by atoms with Crippen molar-refractivity contribution in [2.75, 3.05) is 26.7 Å². The number of rotatable bonds is 9. The fourth-order valence-electron chi connectivity index (χ4n) is 3.68. The molecule has 1 aliphatic rings. The molecule has 1 amide bonds. The van der Waals surface area contributed by atoms with Gasteiger partial charge in [-0.05, 0) is 57.5 Å². The van der Waals surface area contributed by atoms with Crippen LogP contribution in [0.5, 0.6) is 0 Å². The molecule has 124 valence electrons. The largest absolute Gasteiger partial charge is 0.359 e. The highest BCUT2D eigenvalue weighted by atomic mass is 16.1. The van der Waals surface area contributed by atoms with Gasteiger partial charge in [-0.15, -0.1) is 0 Å². The summed E-state index contributed by atoms with van der Waals surface area (Å²) in [6.45, 7) is 7.38. The summed E-state index contributed by atoms with van der Waals surface area (Å²) in [5, 5.41) is 2.71. The van der Waals surface area contributed by atoms with E-state index in [1.807, 2.05) is 0 Å². The minimum atomic E-state index is 0.142. The molecular formula is C17H35N3O. The first-order chi connectivity index (χ1) is 10.1. The first-order valence-corrected chi connectivity index (χ1v) is 8.77. The van der Waals surface area contributed by atoms with Crippen LogP contribution in [0.2, 0.25) is 0 Å². The van der Waals surface area contributed by atoms with E-state index < -0.39 is 0 Å². The average Bonchev–Trinajstić information content (AvgIpc) is 2.53. The van der Waals surface area contributed by atoms with Crippen molar-refractivity contribution < 1.29 is 4.79 Å². The summed E-state index contributed by atoms with van der Waals surface area (Å²) in [7, 11) is 1.71. The van der Waals surface area contributed by atoms with E-state index >= 15 is 0 Å². The average molecular weight is 297 g/mol. The SMILES string of the molecule is CCCN(CCCC(=O)NC)C1(CN)CCC(CC)CC1. The van der Waals surface area contributed by atoms with Gasteiger partial charge in [0, 0.05) is 25.6 Å². The van der Waals surface area contributed by atoms with E-state index in [0.717, 1.165) is 38.4 Å². The van der Waals surface area contributed by atoms with Crippen molar-refractivity contribution >= 4 is 5.91 Å². The van der Waals surface area contributed by atoms with Gasteiger partial charge in [0.1, 0.15) is 0 Å².